The van der Waals surface area contributed by atoms with E-state index in [1.807, 2.05) is 6.07 Å². The van der Waals surface area contributed by atoms with E-state index in [2.05, 4.69) is 27.2 Å². The van der Waals surface area contributed by atoms with Crippen molar-refractivity contribution in [3.63, 3.8) is 0 Å². The van der Waals surface area contributed by atoms with Crippen molar-refractivity contribution in [3.8, 4) is 11.5 Å². The van der Waals surface area contributed by atoms with Gasteiger partial charge < -0.3 is 19.7 Å². The highest BCUT2D eigenvalue weighted by Gasteiger charge is 2.24. The lowest BCUT2D eigenvalue weighted by Gasteiger charge is -2.33. The van der Waals surface area contributed by atoms with Crippen LogP contribution in [0.25, 0.3) is 0 Å². The third-order valence-electron chi connectivity index (χ3n) is 4.94. The highest BCUT2D eigenvalue weighted by atomic mass is 35.5. The van der Waals surface area contributed by atoms with E-state index in [1.165, 1.54) is 37.7 Å². The van der Waals surface area contributed by atoms with Gasteiger partial charge in [0.25, 0.3) is 0 Å². The molecule has 2 heterocycles. The van der Waals surface area contributed by atoms with E-state index >= 15 is 0 Å². The van der Waals surface area contributed by atoms with Crippen molar-refractivity contribution in [1.82, 2.24) is 15.0 Å². The SMILES string of the molecule is Cl.NCc1nc(CN(Cc2ccc3c(c2)OCO3)C2CCCCC2)no1. The van der Waals surface area contributed by atoms with Crippen LogP contribution in [0.15, 0.2) is 22.7 Å². The van der Waals surface area contributed by atoms with Gasteiger partial charge in [0.05, 0.1) is 13.1 Å². The zero-order chi connectivity index (χ0) is 17.1. The van der Waals surface area contributed by atoms with Crippen LogP contribution in [0.3, 0.4) is 0 Å². The molecule has 1 aromatic heterocycles. The van der Waals surface area contributed by atoms with Crippen LogP contribution in [0, 0.1) is 0 Å². The van der Waals surface area contributed by atoms with E-state index in [1.54, 1.807) is 0 Å². The van der Waals surface area contributed by atoms with Gasteiger partial charge in [-0.1, -0.05) is 30.5 Å². The zero-order valence-electron chi connectivity index (χ0n) is 14.7. The molecule has 4 rings (SSSR count). The van der Waals surface area contributed by atoms with Gasteiger partial charge in [0, 0.05) is 12.6 Å². The van der Waals surface area contributed by atoms with Crippen LogP contribution in [0.2, 0.25) is 0 Å². The maximum absolute atomic E-state index is 5.58. The molecule has 0 saturated heterocycles. The fourth-order valence-corrected chi connectivity index (χ4v) is 3.65. The second-order valence-corrected chi connectivity index (χ2v) is 6.69. The van der Waals surface area contributed by atoms with Crippen molar-refractivity contribution in [2.75, 3.05) is 6.79 Å². The minimum atomic E-state index is 0. The van der Waals surface area contributed by atoms with Gasteiger partial charge in [-0.25, -0.2) is 0 Å². The van der Waals surface area contributed by atoms with Crippen molar-refractivity contribution >= 4 is 12.4 Å². The van der Waals surface area contributed by atoms with Crippen LogP contribution in [0.5, 0.6) is 11.5 Å². The third-order valence-corrected chi connectivity index (χ3v) is 4.94. The van der Waals surface area contributed by atoms with Crippen LogP contribution < -0.4 is 15.2 Å². The van der Waals surface area contributed by atoms with E-state index in [4.69, 9.17) is 19.7 Å². The number of fused-ring (bicyclic) bond motifs is 1. The molecule has 1 aromatic carbocycles. The average Bonchev–Trinajstić information content (AvgIpc) is 3.30. The van der Waals surface area contributed by atoms with Gasteiger partial charge in [0.15, 0.2) is 17.3 Å². The molecule has 0 amide bonds. The van der Waals surface area contributed by atoms with Crippen molar-refractivity contribution in [2.45, 2.75) is 57.8 Å². The molecule has 0 atom stereocenters. The molecule has 26 heavy (non-hydrogen) atoms. The maximum Gasteiger partial charge on any atom is 0.240 e. The molecule has 0 radical (unpaired) electrons. The van der Waals surface area contributed by atoms with E-state index in [0.717, 1.165) is 18.0 Å². The van der Waals surface area contributed by atoms with Crippen LogP contribution >= 0.6 is 12.4 Å². The lowest BCUT2D eigenvalue weighted by atomic mass is 9.93. The summed E-state index contributed by atoms with van der Waals surface area (Å²) in [6.07, 6.45) is 6.32. The van der Waals surface area contributed by atoms with Crippen LogP contribution in [-0.4, -0.2) is 27.9 Å². The molecule has 1 saturated carbocycles. The molecule has 2 N–H and O–H groups in total. The molecule has 0 bridgehead atoms. The normalized spacial score (nSPS) is 16.7. The second kappa shape index (κ2) is 8.70. The number of ether oxygens (including phenoxy) is 2. The fourth-order valence-electron chi connectivity index (χ4n) is 3.65. The summed E-state index contributed by atoms with van der Waals surface area (Å²) in [4.78, 5) is 6.82. The Labute approximate surface area is 159 Å². The largest absolute Gasteiger partial charge is 0.454 e. The fraction of sp³-hybridized carbons (Fsp3) is 0.556. The Morgan fingerprint density at radius 2 is 1.88 bits per heavy atom. The smallest absolute Gasteiger partial charge is 0.240 e. The molecule has 1 fully saturated rings. The van der Waals surface area contributed by atoms with Gasteiger partial charge in [-0.05, 0) is 30.5 Å². The first-order chi connectivity index (χ1) is 12.3. The number of hydrogen-bond donors (Lipinski definition) is 1. The molecular weight excluding hydrogens is 356 g/mol. The predicted molar refractivity (Wildman–Crippen MR) is 98.1 cm³/mol. The highest BCUT2D eigenvalue weighted by Crippen LogP contribution is 2.33. The third kappa shape index (κ3) is 4.28. The minimum absolute atomic E-state index is 0. The molecule has 142 valence electrons. The number of hydrogen-bond acceptors (Lipinski definition) is 7. The molecular formula is C18H25ClN4O3. The molecule has 1 aliphatic heterocycles. The Kier molecular flexibility index (Phi) is 6.34. The second-order valence-electron chi connectivity index (χ2n) is 6.69. The monoisotopic (exact) mass is 380 g/mol. The van der Waals surface area contributed by atoms with Crippen molar-refractivity contribution < 1.29 is 14.0 Å². The number of nitrogens with zero attached hydrogens (tertiary/aromatic N) is 3. The lowest BCUT2D eigenvalue weighted by Crippen LogP contribution is -2.36. The van der Waals surface area contributed by atoms with Gasteiger partial charge in [-0.2, -0.15) is 4.98 Å². The Morgan fingerprint density at radius 1 is 1.08 bits per heavy atom. The number of aromatic nitrogens is 2. The van der Waals surface area contributed by atoms with Crippen LogP contribution in [0.4, 0.5) is 0 Å². The Hall–Kier alpha value is -1.83. The summed E-state index contributed by atoms with van der Waals surface area (Å²) in [5.41, 5.74) is 6.78. The van der Waals surface area contributed by atoms with Gasteiger partial charge >= 0.3 is 0 Å². The topological polar surface area (TPSA) is 86.6 Å². The molecule has 0 unspecified atom stereocenters. The van der Waals surface area contributed by atoms with Crippen molar-refractivity contribution in [2.24, 2.45) is 5.73 Å². The Bertz CT molecular complexity index is 718. The number of rotatable bonds is 6. The molecule has 1 aliphatic carbocycles. The summed E-state index contributed by atoms with van der Waals surface area (Å²) >= 11 is 0. The van der Waals surface area contributed by atoms with E-state index < -0.39 is 0 Å². The van der Waals surface area contributed by atoms with Gasteiger partial charge in [0.1, 0.15) is 0 Å². The van der Waals surface area contributed by atoms with Gasteiger partial charge in [-0.15, -0.1) is 12.4 Å². The summed E-state index contributed by atoms with van der Waals surface area (Å²) in [7, 11) is 0. The van der Waals surface area contributed by atoms with Gasteiger partial charge in [0.2, 0.25) is 12.7 Å². The first kappa shape index (κ1) is 18.9. The van der Waals surface area contributed by atoms with E-state index in [-0.39, 0.29) is 19.0 Å². The molecule has 2 aliphatic rings. The molecule has 2 aromatic rings. The first-order valence-corrected chi connectivity index (χ1v) is 8.96. The quantitative estimate of drug-likeness (QED) is 0.824. The number of benzene rings is 1. The standard InChI is InChI=1S/C18H24N4O3.ClH/c19-9-18-20-17(21-25-18)11-22(14-4-2-1-3-5-14)10-13-6-7-15-16(8-13)24-12-23-15;/h6-8,14H,1-5,9-12,19H2;1H. The van der Waals surface area contributed by atoms with Gasteiger partial charge in [-0.3, -0.25) is 4.90 Å². The van der Waals surface area contributed by atoms with E-state index in [0.29, 0.717) is 31.1 Å². The van der Waals surface area contributed by atoms with Crippen LogP contribution in [-0.2, 0) is 19.6 Å². The lowest BCUT2D eigenvalue weighted by molar-refractivity contribution is 0.135. The van der Waals surface area contributed by atoms with Crippen molar-refractivity contribution in [1.29, 1.82) is 0 Å². The average molecular weight is 381 g/mol. The Balaban J connectivity index is 0.00000196. The predicted octanol–water partition coefficient (Wildman–Crippen LogP) is 3.01. The molecule has 8 heteroatoms. The van der Waals surface area contributed by atoms with Crippen LogP contribution in [0.1, 0.15) is 49.4 Å². The highest BCUT2D eigenvalue weighted by molar-refractivity contribution is 5.85. The summed E-state index contributed by atoms with van der Waals surface area (Å²) < 4.78 is 16.1. The molecule has 0 spiro atoms. The number of halogens is 1. The maximum atomic E-state index is 5.58. The Morgan fingerprint density at radius 3 is 2.65 bits per heavy atom. The first-order valence-electron chi connectivity index (χ1n) is 8.96. The molecule has 7 nitrogen and oxygen atoms in total. The summed E-state index contributed by atoms with van der Waals surface area (Å²) in [6.45, 7) is 2.07. The summed E-state index contributed by atoms with van der Waals surface area (Å²) in [5.74, 6) is 2.83. The van der Waals surface area contributed by atoms with Crippen molar-refractivity contribution in [3.05, 3.63) is 35.5 Å². The zero-order valence-corrected chi connectivity index (χ0v) is 15.5. The van der Waals surface area contributed by atoms with E-state index in [9.17, 15) is 0 Å². The summed E-state index contributed by atoms with van der Waals surface area (Å²) in [6, 6.07) is 6.70. The minimum Gasteiger partial charge on any atom is -0.454 e. The summed E-state index contributed by atoms with van der Waals surface area (Å²) in [5, 5.41) is 4.07. The number of nitrogens with two attached hydrogens (primary N) is 1.